The van der Waals surface area contributed by atoms with Crippen molar-refractivity contribution in [1.29, 1.82) is 0 Å². The lowest BCUT2D eigenvalue weighted by atomic mass is 10.1. The Morgan fingerprint density at radius 3 is 2.42 bits per heavy atom. The molecule has 0 saturated heterocycles. The van der Waals surface area contributed by atoms with Gasteiger partial charge in [-0.2, -0.15) is 0 Å². The molecule has 0 aliphatic heterocycles. The van der Waals surface area contributed by atoms with E-state index in [2.05, 4.69) is 10.6 Å². The van der Waals surface area contributed by atoms with Gasteiger partial charge in [-0.25, -0.2) is 0 Å². The lowest BCUT2D eigenvalue weighted by Gasteiger charge is -2.14. The minimum Gasteiger partial charge on any atom is -0.350 e. The zero-order valence-corrected chi connectivity index (χ0v) is 14.0. The molecular weight excluding hydrogens is 300 g/mol. The van der Waals surface area contributed by atoms with Crippen LogP contribution in [0, 0.1) is 6.92 Å². The number of benzene rings is 2. The maximum Gasteiger partial charge on any atom is 0.244 e. The first kappa shape index (κ1) is 17.5. The number of hydrogen-bond donors (Lipinski definition) is 2. The van der Waals surface area contributed by atoms with E-state index in [-0.39, 0.29) is 11.8 Å². The van der Waals surface area contributed by atoms with Crippen molar-refractivity contribution >= 4 is 17.9 Å². The third-order valence-corrected chi connectivity index (χ3v) is 3.69. The maximum atomic E-state index is 12.1. The summed E-state index contributed by atoms with van der Waals surface area (Å²) in [5.41, 5.74) is 3.12. The third kappa shape index (κ3) is 5.39. The molecule has 2 aromatic carbocycles. The van der Waals surface area contributed by atoms with E-state index in [4.69, 9.17) is 0 Å². The monoisotopic (exact) mass is 322 g/mol. The van der Waals surface area contributed by atoms with Crippen molar-refractivity contribution in [2.24, 2.45) is 0 Å². The number of nitrogens with one attached hydrogen (secondary N) is 2. The summed E-state index contributed by atoms with van der Waals surface area (Å²) in [5, 5.41) is 5.50. The first-order valence-electron chi connectivity index (χ1n) is 7.92. The fraction of sp³-hybridized carbons (Fsp3) is 0.200. The van der Waals surface area contributed by atoms with Gasteiger partial charge in [0.2, 0.25) is 11.8 Å². The second-order valence-corrected chi connectivity index (χ2v) is 5.62. The Balaban J connectivity index is 1.81. The molecule has 0 fully saturated rings. The highest BCUT2D eigenvalue weighted by molar-refractivity contribution is 5.95. The summed E-state index contributed by atoms with van der Waals surface area (Å²) in [4.78, 5) is 24.0. The van der Waals surface area contributed by atoms with Crippen molar-refractivity contribution in [3.05, 3.63) is 77.4 Å². The molecule has 0 heterocycles. The Kier molecular flexibility index (Phi) is 6.32. The molecule has 0 aromatic heterocycles. The van der Waals surface area contributed by atoms with Gasteiger partial charge in [0, 0.05) is 12.6 Å². The van der Waals surface area contributed by atoms with E-state index in [1.807, 2.05) is 61.5 Å². The molecule has 0 aliphatic carbocycles. The lowest BCUT2D eigenvalue weighted by Crippen LogP contribution is -2.44. The van der Waals surface area contributed by atoms with Crippen molar-refractivity contribution in [1.82, 2.24) is 10.6 Å². The standard InChI is InChI=1S/C20H22N2O2/c1-15-8-6-7-11-18(15)14-21-20(24)16(2)22-19(23)13-12-17-9-4-3-5-10-17/h3-13,16H,14H2,1-2H3,(H,21,24)(H,22,23)/b13-12+/t16-/m0/s1. The average Bonchev–Trinajstić information content (AvgIpc) is 2.60. The van der Waals surface area contributed by atoms with Gasteiger partial charge >= 0.3 is 0 Å². The lowest BCUT2D eigenvalue weighted by molar-refractivity contribution is -0.126. The number of carbonyl (C=O) groups is 2. The molecule has 24 heavy (non-hydrogen) atoms. The average molecular weight is 322 g/mol. The molecule has 4 heteroatoms. The quantitative estimate of drug-likeness (QED) is 0.804. The first-order chi connectivity index (χ1) is 11.6. The van der Waals surface area contributed by atoms with E-state index in [0.29, 0.717) is 6.54 Å². The molecule has 1 atom stereocenters. The van der Waals surface area contributed by atoms with Gasteiger partial charge in [0.15, 0.2) is 0 Å². The van der Waals surface area contributed by atoms with Crippen LogP contribution in [-0.4, -0.2) is 17.9 Å². The summed E-state index contributed by atoms with van der Waals surface area (Å²) in [6.07, 6.45) is 3.15. The molecule has 2 amide bonds. The fourth-order valence-corrected chi connectivity index (χ4v) is 2.21. The van der Waals surface area contributed by atoms with Crippen LogP contribution < -0.4 is 10.6 Å². The van der Waals surface area contributed by atoms with Gasteiger partial charge in [0.1, 0.15) is 6.04 Å². The van der Waals surface area contributed by atoms with Gasteiger partial charge < -0.3 is 10.6 Å². The van der Waals surface area contributed by atoms with Crippen LogP contribution in [0.5, 0.6) is 0 Å². The second-order valence-electron chi connectivity index (χ2n) is 5.62. The van der Waals surface area contributed by atoms with Crippen LogP contribution in [0.2, 0.25) is 0 Å². The minimum atomic E-state index is -0.595. The fourth-order valence-electron chi connectivity index (χ4n) is 2.21. The molecule has 0 saturated carbocycles. The van der Waals surface area contributed by atoms with Crippen molar-refractivity contribution in [3.8, 4) is 0 Å². The summed E-state index contributed by atoms with van der Waals surface area (Å²) >= 11 is 0. The summed E-state index contributed by atoms with van der Waals surface area (Å²) in [6, 6.07) is 16.8. The molecular formula is C20H22N2O2. The first-order valence-corrected chi connectivity index (χ1v) is 7.92. The molecule has 0 aliphatic rings. The molecule has 0 bridgehead atoms. The number of aryl methyl sites for hydroxylation is 1. The Hall–Kier alpha value is -2.88. The highest BCUT2D eigenvalue weighted by atomic mass is 16.2. The highest BCUT2D eigenvalue weighted by Gasteiger charge is 2.14. The largest absolute Gasteiger partial charge is 0.350 e. The van der Waals surface area contributed by atoms with Crippen LogP contribution in [0.3, 0.4) is 0 Å². The van der Waals surface area contributed by atoms with E-state index in [1.165, 1.54) is 6.08 Å². The predicted octanol–water partition coefficient (Wildman–Crippen LogP) is 2.83. The van der Waals surface area contributed by atoms with Crippen molar-refractivity contribution < 1.29 is 9.59 Å². The molecule has 0 radical (unpaired) electrons. The van der Waals surface area contributed by atoms with Gasteiger partial charge in [0.25, 0.3) is 0 Å². The molecule has 0 unspecified atom stereocenters. The Morgan fingerprint density at radius 1 is 1.04 bits per heavy atom. The van der Waals surface area contributed by atoms with E-state index in [9.17, 15) is 9.59 Å². The van der Waals surface area contributed by atoms with Gasteiger partial charge in [-0.15, -0.1) is 0 Å². The topological polar surface area (TPSA) is 58.2 Å². The smallest absolute Gasteiger partial charge is 0.244 e. The predicted molar refractivity (Wildman–Crippen MR) is 96.1 cm³/mol. The van der Waals surface area contributed by atoms with E-state index in [1.54, 1.807) is 13.0 Å². The molecule has 2 N–H and O–H groups in total. The van der Waals surface area contributed by atoms with Crippen molar-refractivity contribution in [2.45, 2.75) is 26.4 Å². The van der Waals surface area contributed by atoms with Crippen LogP contribution in [-0.2, 0) is 16.1 Å². The molecule has 4 nitrogen and oxygen atoms in total. The zero-order chi connectivity index (χ0) is 17.4. The zero-order valence-electron chi connectivity index (χ0n) is 14.0. The summed E-state index contributed by atoms with van der Waals surface area (Å²) in [7, 11) is 0. The Labute approximate surface area is 142 Å². The Bertz CT molecular complexity index is 723. The molecule has 0 spiro atoms. The minimum absolute atomic E-state index is 0.209. The number of rotatable bonds is 6. The van der Waals surface area contributed by atoms with Gasteiger partial charge in [0.05, 0.1) is 0 Å². The second kappa shape index (κ2) is 8.67. The van der Waals surface area contributed by atoms with Crippen molar-refractivity contribution in [2.75, 3.05) is 0 Å². The number of carbonyl (C=O) groups excluding carboxylic acids is 2. The maximum absolute atomic E-state index is 12.1. The van der Waals surface area contributed by atoms with Gasteiger partial charge in [-0.05, 0) is 36.6 Å². The Morgan fingerprint density at radius 2 is 1.71 bits per heavy atom. The van der Waals surface area contributed by atoms with Crippen LogP contribution in [0.4, 0.5) is 0 Å². The molecule has 2 rings (SSSR count). The van der Waals surface area contributed by atoms with Crippen LogP contribution in [0.1, 0.15) is 23.6 Å². The van der Waals surface area contributed by atoms with Crippen LogP contribution >= 0.6 is 0 Å². The molecule has 124 valence electrons. The van der Waals surface area contributed by atoms with E-state index < -0.39 is 6.04 Å². The number of hydrogen-bond acceptors (Lipinski definition) is 2. The molecule has 2 aromatic rings. The van der Waals surface area contributed by atoms with Crippen LogP contribution in [0.25, 0.3) is 6.08 Å². The van der Waals surface area contributed by atoms with Gasteiger partial charge in [-0.3, -0.25) is 9.59 Å². The summed E-state index contributed by atoms with van der Waals surface area (Å²) < 4.78 is 0. The van der Waals surface area contributed by atoms with Crippen molar-refractivity contribution in [3.63, 3.8) is 0 Å². The highest BCUT2D eigenvalue weighted by Crippen LogP contribution is 2.06. The van der Waals surface area contributed by atoms with E-state index in [0.717, 1.165) is 16.7 Å². The van der Waals surface area contributed by atoms with E-state index >= 15 is 0 Å². The van der Waals surface area contributed by atoms with Crippen LogP contribution in [0.15, 0.2) is 60.7 Å². The SMILES string of the molecule is Cc1ccccc1CNC(=O)[C@H](C)NC(=O)/C=C/c1ccccc1. The number of amides is 2. The van der Waals surface area contributed by atoms with Gasteiger partial charge in [-0.1, -0.05) is 54.6 Å². The summed E-state index contributed by atoms with van der Waals surface area (Å²) in [6.45, 7) is 4.12. The third-order valence-electron chi connectivity index (χ3n) is 3.69. The normalized spacial score (nSPS) is 11.9. The summed E-state index contributed by atoms with van der Waals surface area (Å²) in [5.74, 6) is -0.503.